The molecular weight excluding hydrogens is 347 g/mol. The summed E-state index contributed by atoms with van der Waals surface area (Å²) in [5, 5.41) is 4.19. The van der Waals surface area contributed by atoms with Crippen LogP contribution < -0.4 is 5.73 Å². The lowest BCUT2D eigenvalue weighted by Gasteiger charge is -2.17. The smallest absolute Gasteiger partial charge is 0.319 e. The molecule has 0 bridgehead atoms. The van der Waals surface area contributed by atoms with Crippen molar-refractivity contribution in [3.05, 3.63) is 51.8 Å². The zero-order valence-corrected chi connectivity index (χ0v) is 12.9. The number of benzene rings is 1. The first-order valence-electron chi connectivity index (χ1n) is 6.48. The van der Waals surface area contributed by atoms with E-state index in [1.54, 1.807) is 16.9 Å². The van der Waals surface area contributed by atoms with Gasteiger partial charge in [-0.05, 0) is 40.0 Å². The number of halogens is 4. The summed E-state index contributed by atoms with van der Waals surface area (Å²) in [6.07, 6.45) is -1.91. The Morgan fingerprint density at radius 1 is 1.38 bits per heavy atom. The van der Waals surface area contributed by atoms with E-state index in [4.69, 9.17) is 5.73 Å². The van der Waals surface area contributed by atoms with Crippen LogP contribution in [-0.4, -0.2) is 9.78 Å². The summed E-state index contributed by atoms with van der Waals surface area (Å²) in [4.78, 5) is 0. The van der Waals surface area contributed by atoms with Crippen molar-refractivity contribution in [2.45, 2.75) is 32.1 Å². The maximum atomic E-state index is 12.8. The van der Waals surface area contributed by atoms with Crippen LogP contribution in [0.4, 0.5) is 13.2 Å². The monoisotopic (exact) mass is 361 g/mol. The van der Waals surface area contributed by atoms with Gasteiger partial charge in [0.15, 0.2) is 0 Å². The lowest BCUT2D eigenvalue weighted by atomic mass is 10.0. The molecule has 0 fully saturated rings. The Kier molecular flexibility index (Phi) is 4.73. The molecule has 0 amide bonds. The second-order valence-corrected chi connectivity index (χ2v) is 5.56. The fourth-order valence-electron chi connectivity index (χ4n) is 2.14. The normalized spacial score (nSPS) is 13.4. The molecule has 21 heavy (non-hydrogen) atoms. The van der Waals surface area contributed by atoms with Crippen LogP contribution in [0.5, 0.6) is 0 Å². The molecular formula is C14H15BrF3N3. The van der Waals surface area contributed by atoms with Crippen LogP contribution in [0.1, 0.15) is 36.2 Å². The minimum Gasteiger partial charge on any atom is -0.319 e. The molecule has 1 unspecified atom stereocenters. The summed E-state index contributed by atoms with van der Waals surface area (Å²) in [6.45, 7) is 2.66. The molecule has 2 N–H and O–H groups in total. The van der Waals surface area contributed by atoms with Gasteiger partial charge in [0.05, 0.1) is 28.0 Å². The third kappa shape index (κ3) is 3.47. The number of hydrogen-bond acceptors (Lipinski definition) is 2. The predicted molar refractivity (Wildman–Crippen MR) is 77.7 cm³/mol. The van der Waals surface area contributed by atoms with E-state index < -0.39 is 17.8 Å². The highest BCUT2D eigenvalue weighted by Crippen LogP contribution is 2.33. The largest absolute Gasteiger partial charge is 0.416 e. The first-order valence-corrected chi connectivity index (χ1v) is 7.27. The van der Waals surface area contributed by atoms with Gasteiger partial charge in [-0.25, -0.2) is 0 Å². The van der Waals surface area contributed by atoms with Gasteiger partial charge in [0.1, 0.15) is 0 Å². The molecule has 2 rings (SSSR count). The topological polar surface area (TPSA) is 43.8 Å². The van der Waals surface area contributed by atoms with Crippen LogP contribution in [0.15, 0.2) is 34.9 Å². The van der Waals surface area contributed by atoms with Crippen molar-refractivity contribution in [3.63, 3.8) is 0 Å². The average Bonchev–Trinajstić information content (AvgIpc) is 2.79. The predicted octanol–water partition coefficient (Wildman–Crippen LogP) is 4.12. The van der Waals surface area contributed by atoms with E-state index in [0.717, 1.165) is 18.6 Å². The van der Waals surface area contributed by atoms with Gasteiger partial charge in [-0.1, -0.05) is 19.1 Å². The Hall–Kier alpha value is -1.34. The summed E-state index contributed by atoms with van der Waals surface area (Å²) >= 11 is 3.36. The van der Waals surface area contributed by atoms with Crippen molar-refractivity contribution >= 4 is 15.9 Å². The molecule has 0 saturated carbocycles. The maximum Gasteiger partial charge on any atom is 0.416 e. The average molecular weight is 362 g/mol. The molecule has 3 nitrogen and oxygen atoms in total. The Balaban J connectivity index is 2.41. The van der Waals surface area contributed by atoms with E-state index in [-0.39, 0.29) is 0 Å². The van der Waals surface area contributed by atoms with Crippen molar-refractivity contribution in [1.82, 2.24) is 9.78 Å². The standard InChI is InChI=1S/C14H15BrF3N3/c1-2-6-21-13(11(15)8-20-21)12(19)9-4-3-5-10(7-9)14(16,17)18/h3-5,7-8,12H,2,6,19H2,1H3. The molecule has 0 aliphatic heterocycles. The molecule has 0 aliphatic rings. The number of nitrogens with two attached hydrogens (primary N) is 1. The molecule has 7 heteroatoms. The minimum absolute atomic E-state index is 0.406. The van der Waals surface area contributed by atoms with Gasteiger partial charge >= 0.3 is 6.18 Å². The molecule has 0 spiro atoms. The summed E-state index contributed by atoms with van der Waals surface area (Å²) in [5.41, 5.74) is 6.53. The molecule has 0 aliphatic carbocycles. The van der Waals surface area contributed by atoms with Gasteiger partial charge in [0, 0.05) is 6.54 Å². The van der Waals surface area contributed by atoms with Crippen molar-refractivity contribution < 1.29 is 13.2 Å². The van der Waals surface area contributed by atoms with E-state index in [2.05, 4.69) is 21.0 Å². The second-order valence-electron chi connectivity index (χ2n) is 4.70. The minimum atomic E-state index is -4.38. The fraction of sp³-hybridized carbons (Fsp3) is 0.357. The van der Waals surface area contributed by atoms with Crippen LogP contribution in [0.2, 0.25) is 0 Å². The van der Waals surface area contributed by atoms with E-state index in [1.165, 1.54) is 6.07 Å². The number of aryl methyl sites for hydroxylation is 1. The molecule has 2 aromatic rings. The van der Waals surface area contributed by atoms with Gasteiger partial charge in [0.2, 0.25) is 0 Å². The third-order valence-electron chi connectivity index (χ3n) is 3.14. The quantitative estimate of drug-likeness (QED) is 0.889. The molecule has 114 valence electrons. The van der Waals surface area contributed by atoms with Crippen LogP contribution >= 0.6 is 15.9 Å². The highest BCUT2D eigenvalue weighted by Gasteiger charge is 2.31. The zero-order valence-electron chi connectivity index (χ0n) is 11.4. The van der Waals surface area contributed by atoms with Crippen molar-refractivity contribution in [2.75, 3.05) is 0 Å². The van der Waals surface area contributed by atoms with Crippen molar-refractivity contribution in [1.29, 1.82) is 0 Å². The van der Waals surface area contributed by atoms with E-state index >= 15 is 0 Å². The second kappa shape index (κ2) is 6.19. The fourth-order valence-corrected chi connectivity index (χ4v) is 2.68. The Labute approximate surface area is 129 Å². The number of nitrogens with zero attached hydrogens (tertiary/aromatic N) is 2. The summed E-state index contributed by atoms with van der Waals surface area (Å²) in [6, 6.07) is 4.41. The number of hydrogen-bond donors (Lipinski definition) is 1. The molecule has 1 heterocycles. The van der Waals surface area contributed by atoms with E-state index in [1.807, 2.05) is 6.92 Å². The summed E-state index contributed by atoms with van der Waals surface area (Å²) in [5.74, 6) is 0. The molecule has 1 atom stereocenters. The van der Waals surface area contributed by atoms with E-state index in [9.17, 15) is 13.2 Å². The third-order valence-corrected chi connectivity index (χ3v) is 3.75. The number of aromatic nitrogens is 2. The molecule has 0 saturated heterocycles. The Morgan fingerprint density at radius 2 is 2.10 bits per heavy atom. The molecule has 1 aromatic carbocycles. The van der Waals surface area contributed by atoms with Crippen LogP contribution in [-0.2, 0) is 12.7 Å². The van der Waals surface area contributed by atoms with Crippen molar-refractivity contribution in [3.8, 4) is 0 Å². The van der Waals surface area contributed by atoms with Crippen LogP contribution in [0.25, 0.3) is 0 Å². The van der Waals surface area contributed by atoms with E-state index in [0.29, 0.717) is 22.3 Å². The van der Waals surface area contributed by atoms with Crippen molar-refractivity contribution in [2.24, 2.45) is 5.73 Å². The SMILES string of the molecule is CCCn1ncc(Br)c1C(N)c1cccc(C(F)(F)F)c1. The highest BCUT2D eigenvalue weighted by atomic mass is 79.9. The number of alkyl halides is 3. The highest BCUT2D eigenvalue weighted by molar-refractivity contribution is 9.10. The van der Waals surface area contributed by atoms with Gasteiger partial charge in [-0.3, -0.25) is 4.68 Å². The van der Waals surface area contributed by atoms with Gasteiger partial charge in [-0.2, -0.15) is 18.3 Å². The summed E-state index contributed by atoms with van der Waals surface area (Å²) in [7, 11) is 0. The number of rotatable bonds is 4. The molecule has 0 radical (unpaired) electrons. The van der Waals surface area contributed by atoms with Crippen LogP contribution in [0, 0.1) is 0 Å². The van der Waals surface area contributed by atoms with Gasteiger partial charge in [0.25, 0.3) is 0 Å². The Morgan fingerprint density at radius 3 is 2.71 bits per heavy atom. The van der Waals surface area contributed by atoms with Gasteiger partial charge < -0.3 is 5.73 Å². The lowest BCUT2D eigenvalue weighted by molar-refractivity contribution is -0.137. The van der Waals surface area contributed by atoms with Crippen LogP contribution in [0.3, 0.4) is 0 Å². The lowest BCUT2D eigenvalue weighted by Crippen LogP contribution is -2.19. The summed E-state index contributed by atoms with van der Waals surface area (Å²) < 4.78 is 40.8. The maximum absolute atomic E-state index is 12.8. The first-order chi connectivity index (χ1) is 9.84. The first kappa shape index (κ1) is 16.0. The Bertz CT molecular complexity index is 622. The van der Waals surface area contributed by atoms with Gasteiger partial charge in [-0.15, -0.1) is 0 Å². The zero-order chi connectivity index (χ0) is 15.6. The molecule has 1 aromatic heterocycles.